The van der Waals surface area contributed by atoms with Gasteiger partial charge in [-0.15, -0.1) is 0 Å². The average molecular weight is 264 g/mol. The zero-order valence-electron chi connectivity index (χ0n) is 11.8. The molecule has 0 unspecified atom stereocenters. The number of benzene rings is 1. The first-order chi connectivity index (χ1) is 9.26. The summed E-state index contributed by atoms with van der Waals surface area (Å²) < 4.78 is 11.1. The first-order valence-electron chi connectivity index (χ1n) is 7.12. The smallest absolute Gasteiger partial charge is 0.118 e. The van der Waals surface area contributed by atoms with Crippen molar-refractivity contribution in [3.8, 4) is 5.75 Å². The van der Waals surface area contributed by atoms with Gasteiger partial charge in [0.25, 0.3) is 0 Å². The van der Waals surface area contributed by atoms with Crippen molar-refractivity contribution in [2.24, 2.45) is 11.8 Å². The third-order valence-electron chi connectivity index (χ3n) is 4.20. The number of rotatable bonds is 6. The molecule has 0 amide bonds. The maximum absolute atomic E-state index is 9.36. The van der Waals surface area contributed by atoms with Crippen LogP contribution in [0.2, 0.25) is 0 Å². The Labute approximate surface area is 115 Å². The lowest BCUT2D eigenvalue weighted by Crippen LogP contribution is -2.11. The molecule has 106 valence electrons. The van der Waals surface area contributed by atoms with Crippen LogP contribution in [-0.2, 0) is 11.3 Å². The van der Waals surface area contributed by atoms with E-state index in [1.54, 1.807) is 7.11 Å². The van der Waals surface area contributed by atoms with Gasteiger partial charge in [-0.3, -0.25) is 0 Å². The molecular formula is C16H24O3. The largest absolute Gasteiger partial charge is 0.497 e. The monoisotopic (exact) mass is 264 g/mol. The summed E-state index contributed by atoms with van der Waals surface area (Å²) >= 11 is 0. The Balaban J connectivity index is 1.82. The van der Waals surface area contributed by atoms with Crippen molar-refractivity contribution < 1.29 is 14.6 Å². The van der Waals surface area contributed by atoms with Gasteiger partial charge in [-0.25, -0.2) is 0 Å². The minimum atomic E-state index is 0.293. The first kappa shape index (κ1) is 14.4. The number of methoxy groups -OCH3 is 1. The van der Waals surface area contributed by atoms with Crippen LogP contribution in [0.15, 0.2) is 24.3 Å². The highest BCUT2D eigenvalue weighted by Crippen LogP contribution is 2.35. The second kappa shape index (κ2) is 6.92. The van der Waals surface area contributed by atoms with Gasteiger partial charge in [-0.05, 0) is 42.4 Å². The number of aliphatic hydroxyl groups excluding tert-OH is 1. The number of hydrogen-bond acceptors (Lipinski definition) is 3. The number of hydrogen-bond donors (Lipinski definition) is 1. The predicted molar refractivity (Wildman–Crippen MR) is 75.2 cm³/mol. The first-order valence-corrected chi connectivity index (χ1v) is 7.12. The molecule has 1 saturated carbocycles. The van der Waals surface area contributed by atoms with Gasteiger partial charge in [-0.2, -0.15) is 0 Å². The van der Waals surface area contributed by atoms with E-state index in [0.717, 1.165) is 25.0 Å². The van der Waals surface area contributed by atoms with E-state index in [-0.39, 0.29) is 0 Å². The van der Waals surface area contributed by atoms with E-state index in [2.05, 4.69) is 6.92 Å². The zero-order valence-corrected chi connectivity index (χ0v) is 11.8. The second-order valence-electron chi connectivity index (χ2n) is 5.36. The third kappa shape index (κ3) is 3.71. The van der Waals surface area contributed by atoms with Crippen LogP contribution in [0.25, 0.3) is 0 Å². The highest BCUT2D eigenvalue weighted by Gasteiger charge is 2.32. The van der Waals surface area contributed by atoms with Crippen LogP contribution in [0.1, 0.15) is 31.7 Å². The van der Waals surface area contributed by atoms with E-state index in [1.807, 2.05) is 24.3 Å². The van der Waals surface area contributed by atoms with E-state index < -0.39 is 0 Å². The minimum absolute atomic E-state index is 0.293. The summed E-state index contributed by atoms with van der Waals surface area (Å²) in [5.74, 6) is 1.91. The zero-order chi connectivity index (χ0) is 13.7. The predicted octanol–water partition coefficient (Wildman–Crippen LogP) is 3.01. The second-order valence-corrected chi connectivity index (χ2v) is 5.36. The standard InChI is InChI=1S/C16H24O3/c1-3-13-8-16(9-14(13)10-17)19-11-12-4-6-15(18-2)7-5-12/h4-7,13-14,16-17H,3,8-11H2,1-2H3/t13-,14+,16+/m1/s1. The molecule has 3 atom stereocenters. The molecule has 19 heavy (non-hydrogen) atoms. The Bertz CT molecular complexity index is 362. The van der Waals surface area contributed by atoms with Crippen molar-refractivity contribution >= 4 is 0 Å². The molecule has 0 aliphatic heterocycles. The molecule has 3 heteroatoms. The average Bonchev–Trinajstić information content (AvgIpc) is 2.88. The molecule has 1 fully saturated rings. The van der Waals surface area contributed by atoms with E-state index >= 15 is 0 Å². The van der Waals surface area contributed by atoms with Crippen LogP contribution in [0, 0.1) is 11.8 Å². The lowest BCUT2D eigenvalue weighted by Gasteiger charge is -2.13. The van der Waals surface area contributed by atoms with Crippen LogP contribution in [0.4, 0.5) is 0 Å². The van der Waals surface area contributed by atoms with Crippen LogP contribution in [-0.4, -0.2) is 24.9 Å². The molecule has 1 aliphatic carbocycles. The summed E-state index contributed by atoms with van der Waals surface area (Å²) in [7, 11) is 1.67. The van der Waals surface area contributed by atoms with Crippen LogP contribution >= 0.6 is 0 Å². The van der Waals surface area contributed by atoms with E-state index in [4.69, 9.17) is 9.47 Å². The van der Waals surface area contributed by atoms with Gasteiger partial charge in [0.2, 0.25) is 0 Å². The highest BCUT2D eigenvalue weighted by atomic mass is 16.5. The van der Waals surface area contributed by atoms with Crippen molar-refractivity contribution in [1.29, 1.82) is 0 Å². The van der Waals surface area contributed by atoms with E-state index in [0.29, 0.717) is 31.2 Å². The normalized spacial score (nSPS) is 26.6. The van der Waals surface area contributed by atoms with Gasteiger partial charge in [0, 0.05) is 6.61 Å². The molecule has 0 spiro atoms. The topological polar surface area (TPSA) is 38.7 Å². The van der Waals surface area contributed by atoms with Gasteiger partial charge in [0.05, 0.1) is 19.8 Å². The summed E-state index contributed by atoms with van der Waals surface area (Å²) in [5.41, 5.74) is 1.17. The van der Waals surface area contributed by atoms with Gasteiger partial charge < -0.3 is 14.6 Å². The molecule has 2 rings (SSSR count). The van der Waals surface area contributed by atoms with E-state index in [1.165, 1.54) is 5.56 Å². The lowest BCUT2D eigenvalue weighted by molar-refractivity contribution is 0.0398. The van der Waals surface area contributed by atoms with Gasteiger partial charge in [0.1, 0.15) is 5.75 Å². The number of ether oxygens (including phenoxy) is 2. The van der Waals surface area contributed by atoms with Gasteiger partial charge in [0.15, 0.2) is 0 Å². The Morgan fingerprint density at radius 3 is 2.37 bits per heavy atom. The summed E-state index contributed by atoms with van der Waals surface area (Å²) in [6, 6.07) is 7.99. The van der Waals surface area contributed by atoms with Crippen molar-refractivity contribution in [3.63, 3.8) is 0 Å². The molecule has 1 N–H and O–H groups in total. The summed E-state index contributed by atoms with van der Waals surface area (Å²) in [6.07, 6.45) is 3.50. The summed E-state index contributed by atoms with van der Waals surface area (Å²) in [4.78, 5) is 0. The Morgan fingerprint density at radius 2 is 1.84 bits per heavy atom. The quantitative estimate of drug-likeness (QED) is 0.858. The third-order valence-corrected chi connectivity index (χ3v) is 4.20. The van der Waals surface area contributed by atoms with Gasteiger partial charge in [-0.1, -0.05) is 25.5 Å². The molecule has 0 saturated heterocycles. The lowest BCUT2D eigenvalue weighted by atomic mass is 9.95. The molecule has 0 radical (unpaired) electrons. The van der Waals surface area contributed by atoms with Crippen molar-refractivity contribution in [2.75, 3.05) is 13.7 Å². The summed E-state index contributed by atoms with van der Waals surface area (Å²) in [6.45, 7) is 3.13. The van der Waals surface area contributed by atoms with Crippen LogP contribution in [0.5, 0.6) is 5.75 Å². The van der Waals surface area contributed by atoms with E-state index in [9.17, 15) is 5.11 Å². The molecular weight excluding hydrogens is 240 g/mol. The summed E-state index contributed by atoms with van der Waals surface area (Å²) in [5, 5.41) is 9.36. The Morgan fingerprint density at radius 1 is 1.16 bits per heavy atom. The van der Waals surface area contributed by atoms with Crippen molar-refractivity contribution in [1.82, 2.24) is 0 Å². The fourth-order valence-electron chi connectivity index (χ4n) is 2.95. The van der Waals surface area contributed by atoms with Crippen molar-refractivity contribution in [2.45, 2.75) is 38.9 Å². The van der Waals surface area contributed by atoms with Gasteiger partial charge >= 0.3 is 0 Å². The maximum Gasteiger partial charge on any atom is 0.118 e. The fourth-order valence-corrected chi connectivity index (χ4v) is 2.95. The Hall–Kier alpha value is -1.06. The molecule has 1 aliphatic rings. The SMILES string of the molecule is CC[C@@H]1C[C@H](OCc2ccc(OC)cc2)C[C@H]1CO. The molecule has 1 aromatic carbocycles. The van der Waals surface area contributed by atoms with Crippen LogP contribution < -0.4 is 4.74 Å². The fraction of sp³-hybridized carbons (Fsp3) is 0.625. The minimum Gasteiger partial charge on any atom is -0.497 e. The number of aliphatic hydroxyl groups is 1. The Kier molecular flexibility index (Phi) is 5.23. The molecule has 0 aromatic heterocycles. The molecule has 0 heterocycles. The molecule has 3 nitrogen and oxygen atoms in total. The van der Waals surface area contributed by atoms with Crippen LogP contribution in [0.3, 0.4) is 0 Å². The molecule has 1 aromatic rings. The molecule has 0 bridgehead atoms. The maximum atomic E-state index is 9.36. The van der Waals surface area contributed by atoms with Crippen molar-refractivity contribution in [3.05, 3.63) is 29.8 Å². The highest BCUT2D eigenvalue weighted by molar-refractivity contribution is 5.26.